The van der Waals surface area contributed by atoms with E-state index in [1.807, 2.05) is 18.2 Å². The predicted molar refractivity (Wildman–Crippen MR) is 211 cm³/mol. The smallest absolute Gasteiger partial charge is 0.253 e. The second-order valence-electron chi connectivity index (χ2n) is 11.2. The largest absolute Gasteiger partial charge is 0.355 e. The van der Waals surface area contributed by atoms with Crippen LogP contribution in [0.5, 0.6) is 0 Å². The number of benzene rings is 3. The Hall–Kier alpha value is -4.92. The number of rotatable bonds is 8. The minimum Gasteiger partial charge on any atom is -0.355 e. The number of nitrogens with one attached hydrogen (secondary N) is 5. The summed E-state index contributed by atoms with van der Waals surface area (Å²) in [6, 6.07) is 15.7. The van der Waals surface area contributed by atoms with Gasteiger partial charge < -0.3 is 31.5 Å². The summed E-state index contributed by atoms with van der Waals surface area (Å²) in [5.74, 6) is 0.413. The lowest BCUT2D eigenvalue weighted by Gasteiger charge is -2.18. The number of halogens is 5. The molecule has 3 heterocycles. The Kier molecular flexibility index (Phi) is 13.1. The van der Waals surface area contributed by atoms with Gasteiger partial charge in [-0.2, -0.15) is 9.97 Å². The van der Waals surface area contributed by atoms with Crippen molar-refractivity contribution in [3.8, 4) is 0 Å². The molecule has 0 bridgehead atoms. The average molecular weight is 817 g/mol. The van der Waals surface area contributed by atoms with Gasteiger partial charge in [-0.25, -0.2) is 9.97 Å². The van der Waals surface area contributed by atoms with Gasteiger partial charge in [-0.3, -0.25) is 14.4 Å². The summed E-state index contributed by atoms with van der Waals surface area (Å²) in [6.45, 7) is 0. The van der Waals surface area contributed by atoms with Crippen molar-refractivity contribution < 1.29 is 14.4 Å². The molecule has 3 aromatic carbocycles. The van der Waals surface area contributed by atoms with Gasteiger partial charge in [0.2, 0.25) is 17.1 Å². The Bertz CT molecular complexity index is 2190. The van der Waals surface area contributed by atoms with E-state index in [0.717, 1.165) is 29.8 Å². The van der Waals surface area contributed by atoms with Gasteiger partial charge in [-0.05, 0) is 72.5 Å². The number of nitrogens with zero attached hydrogens (tertiary/aromatic N) is 5. The normalized spacial score (nSPS) is 12.1. The van der Waals surface area contributed by atoms with E-state index in [1.54, 1.807) is 55.4 Å². The Morgan fingerprint density at radius 2 is 1.26 bits per heavy atom. The zero-order chi connectivity index (χ0) is 38.2. The third-order valence-electron chi connectivity index (χ3n) is 7.82. The standard InChI is InChI=1S/C23H22Cl2N6O2.C12H9Cl3N4O/c1-26-22(33)15-6-4-7-16(24)20(15)29-21-17(25)12-27-23(30-21)28-14-9-10-18-13(11-14)5-3-8-19(32)31(18)2;1-16-11(20)6-3-2-4-7(13)9(6)18-10-8(14)5-17-12(15)19-10/h4,6-7,9-12H,3,5,8H2,1-2H3,(H,26,33)(H2,27,28,29,30);2-5H,1H3,(H,16,20)(H,17,18,19). The van der Waals surface area contributed by atoms with Gasteiger partial charge in [0, 0.05) is 38.9 Å². The van der Waals surface area contributed by atoms with E-state index in [2.05, 4.69) is 46.5 Å². The van der Waals surface area contributed by atoms with Crippen LogP contribution < -0.4 is 31.5 Å². The van der Waals surface area contributed by atoms with Crippen LogP contribution in [-0.2, 0) is 11.2 Å². The van der Waals surface area contributed by atoms with E-state index in [1.165, 1.54) is 19.4 Å². The molecule has 53 heavy (non-hydrogen) atoms. The summed E-state index contributed by atoms with van der Waals surface area (Å²) in [5, 5.41) is 15.5. The van der Waals surface area contributed by atoms with E-state index in [0.29, 0.717) is 50.7 Å². The quantitative estimate of drug-likeness (QED) is 0.0960. The van der Waals surface area contributed by atoms with Crippen molar-refractivity contribution >= 4 is 116 Å². The van der Waals surface area contributed by atoms with Gasteiger partial charge in [-0.15, -0.1) is 0 Å². The maximum absolute atomic E-state index is 12.2. The van der Waals surface area contributed by atoms with Crippen LogP contribution in [0.3, 0.4) is 0 Å². The molecule has 0 unspecified atom stereocenters. The van der Waals surface area contributed by atoms with Crippen LogP contribution in [0.1, 0.15) is 39.1 Å². The van der Waals surface area contributed by atoms with Gasteiger partial charge in [-0.1, -0.05) is 58.5 Å². The molecular weight excluding hydrogens is 786 g/mol. The maximum Gasteiger partial charge on any atom is 0.253 e. The fourth-order valence-electron chi connectivity index (χ4n) is 5.19. The van der Waals surface area contributed by atoms with E-state index in [4.69, 9.17) is 58.0 Å². The van der Waals surface area contributed by atoms with Crippen LogP contribution in [0, 0.1) is 0 Å². The number of para-hydroxylation sites is 2. The highest BCUT2D eigenvalue weighted by atomic mass is 35.5. The van der Waals surface area contributed by atoms with Crippen molar-refractivity contribution in [3.63, 3.8) is 0 Å². The van der Waals surface area contributed by atoms with E-state index in [-0.39, 0.29) is 38.9 Å². The van der Waals surface area contributed by atoms with Crippen molar-refractivity contribution in [2.24, 2.45) is 0 Å². The van der Waals surface area contributed by atoms with Crippen molar-refractivity contribution in [1.29, 1.82) is 0 Å². The molecule has 0 fully saturated rings. The SMILES string of the molecule is CNC(=O)c1cccc(Cl)c1Nc1nc(Cl)ncc1Cl.CNC(=O)c1cccc(Cl)c1Nc1nc(Nc2ccc3c(c2)CCCC(=O)N3C)ncc1Cl. The molecule has 0 aliphatic carbocycles. The molecule has 2 aromatic heterocycles. The number of hydrogen-bond acceptors (Lipinski definition) is 10. The topological polar surface area (TPSA) is 166 Å². The van der Waals surface area contributed by atoms with E-state index < -0.39 is 0 Å². The Morgan fingerprint density at radius 3 is 1.85 bits per heavy atom. The molecule has 0 radical (unpaired) electrons. The third-order valence-corrected chi connectivity index (χ3v) is 9.19. The number of carbonyl (C=O) groups excluding carboxylic acids is 3. The monoisotopic (exact) mass is 814 g/mol. The number of aryl methyl sites for hydroxylation is 1. The molecule has 13 nitrogen and oxygen atoms in total. The van der Waals surface area contributed by atoms with Crippen LogP contribution in [0.25, 0.3) is 0 Å². The Morgan fingerprint density at radius 1 is 0.698 bits per heavy atom. The fraction of sp³-hybridized carbons (Fsp3) is 0.171. The number of carbonyl (C=O) groups is 3. The number of anilines is 7. The minimum atomic E-state index is -0.294. The van der Waals surface area contributed by atoms with E-state index in [9.17, 15) is 14.4 Å². The average Bonchev–Trinajstić information content (AvgIpc) is 3.29. The van der Waals surface area contributed by atoms with Gasteiger partial charge in [0.05, 0.1) is 44.9 Å². The fourth-order valence-corrected chi connectivity index (χ4v) is 6.04. The molecule has 3 amide bonds. The number of hydrogen-bond donors (Lipinski definition) is 5. The molecule has 18 heteroatoms. The maximum atomic E-state index is 12.2. The van der Waals surface area contributed by atoms with Crippen LogP contribution >= 0.6 is 58.0 Å². The van der Waals surface area contributed by atoms with Crippen molar-refractivity contribution in [2.75, 3.05) is 42.0 Å². The molecule has 274 valence electrons. The number of aromatic nitrogens is 4. The number of fused-ring (bicyclic) bond motifs is 1. The second kappa shape index (κ2) is 17.7. The Balaban J connectivity index is 0.000000231. The molecule has 0 saturated heterocycles. The summed E-state index contributed by atoms with van der Waals surface area (Å²) in [6.07, 6.45) is 4.96. The summed E-state index contributed by atoms with van der Waals surface area (Å²) in [4.78, 5) is 54.3. The molecule has 0 spiro atoms. The van der Waals surface area contributed by atoms with Gasteiger partial charge in [0.1, 0.15) is 10.0 Å². The molecule has 5 N–H and O–H groups in total. The van der Waals surface area contributed by atoms with Crippen LogP contribution in [-0.4, -0.2) is 58.8 Å². The zero-order valence-electron chi connectivity index (χ0n) is 28.3. The highest BCUT2D eigenvalue weighted by molar-refractivity contribution is 6.36. The Labute approximate surface area is 329 Å². The van der Waals surface area contributed by atoms with Gasteiger partial charge in [0.25, 0.3) is 11.8 Å². The van der Waals surface area contributed by atoms with Crippen molar-refractivity contribution in [3.05, 3.63) is 109 Å². The highest BCUT2D eigenvalue weighted by Crippen LogP contribution is 2.34. The zero-order valence-corrected chi connectivity index (χ0v) is 32.1. The molecule has 0 atom stereocenters. The first-order valence-electron chi connectivity index (χ1n) is 15.8. The lowest BCUT2D eigenvalue weighted by atomic mass is 10.1. The number of amides is 3. The molecule has 5 aromatic rings. The molecular formula is C35H31Cl5N10O3. The van der Waals surface area contributed by atoms with E-state index >= 15 is 0 Å². The lowest BCUT2D eigenvalue weighted by Crippen LogP contribution is -2.24. The van der Waals surface area contributed by atoms with Crippen LogP contribution in [0.2, 0.25) is 25.4 Å². The van der Waals surface area contributed by atoms with Gasteiger partial charge in [0.15, 0.2) is 11.6 Å². The van der Waals surface area contributed by atoms with Crippen molar-refractivity contribution in [2.45, 2.75) is 19.3 Å². The minimum absolute atomic E-state index is 0.0328. The second-order valence-corrected chi connectivity index (χ2v) is 13.2. The summed E-state index contributed by atoms with van der Waals surface area (Å²) in [7, 11) is 4.87. The van der Waals surface area contributed by atoms with Crippen LogP contribution in [0.15, 0.2) is 67.0 Å². The van der Waals surface area contributed by atoms with Crippen LogP contribution in [0.4, 0.5) is 40.3 Å². The summed E-state index contributed by atoms with van der Waals surface area (Å²) in [5.41, 5.74) is 4.28. The third kappa shape index (κ3) is 9.55. The van der Waals surface area contributed by atoms with Crippen molar-refractivity contribution in [1.82, 2.24) is 30.6 Å². The van der Waals surface area contributed by atoms with Gasteiger partial charge >= 0.3 is 0 Å². The molecule has 0 saturated carbocycles. The molecule has 6 rings (SSSR count). The summed E-state index contributed by atoms with van der Waals surface area (Å²) >= 11 is 30.5. The highest BCUT2D eigenvalue weighted by Gasteiger charge is 2.20. The first kappa shape index (κ1) is 39.3. The molecule has 1 aliphatic rings. The summed E-state index contributed by atoms with van der Waals surface area (Å²) < 4.78 is 0. The lowest BCUT2D eigenvalue weighted by molar-refractivity contribution is -0.118. The first-order valence-corrected chi connectivity index (χ1v) is 17.7. The first-order chi connectivity index (χ1) is 25.4. The molecule has 1 aliphatic heterocycles. The predicted octanol–water partition coefficient (Wildman–Crippen LogP) is 8.47.